The zero-order valence-corrected chi connectivity index (χ0v) is 15.0. The lowest BCUT2D eigenvalue weighted by Crippen LogP contribution is -2.22. The zero-order valence-electron chi connectivity index (χ0n) is 15.0. The van der Waals surface area contributed by atoms with Crippen molar-refractivity contribution < 1.29 is 0 Å². The van der Waals surface area contributed by atoms with E-state index in [1.54, 1.807) is 0 Å². The molecule has 3 aromatic rings. The van der Waals surface area contributed by atoms with Crippen LogP contribution < -0.4 is 5.32 Å². The molecule has 0 bridgehead atoms. The van der Waals surface area contributed by atoms with Gasteiger partial charge in [-0.1, -0.05) is 68.7 Å². The Bertz CT molecular complexity index is 846. The van der Waals surface area contributed by atoms with Crippen LogP contribution in [0.2, 0.25) is 0 Å². The van der Waals surface area contributed by atoms with Crippen molar-refractivity contribution in [1.82, 2.24) is 4.98 Å². The van der Waals surface area contributed by atoms with Crippen LogP contribution in [0.1, 0.15) is 44.6 Å². The number of nitrogens with one attached hydrogen (secondary N) is 1. The van der Waals surface area contributed by atoms with Crippen LogP contribution in [0.15, 0.2) is 54.6 Å². The van der Waals surface area contributed by atoms with Crippen molar-refractivity contribution in [3.63, 3.8) is 0 Å². The van der Waals surface area contributed by atoms with Crippen molar-refractivity contribution in [3.8, 4) is 11.3 Å². The van der Waals surface area contributed by atoms with Gasteiger partial charge in [0.15, 0.2) is 0 Å². The zero-order chi connectivity index (χ0) is 17.1. The number of fused-ring (bicyclic) bond motifs is 1. The van der Waals surface area contributed by atoms with Gasteiger partial charge in [-0.05, 0) is 37.0 Å². The van der Waals surface area contributed by atoms with E-state index < -0.39 is 0 Å². The molecule has 2 aromatic carbocycles. The summed E-state index contributed by atoms with van der Waals surface area (Å²) in [7, 11) is 0. The molecule has 1 fully saturated rings. The molecule has 4 rings (SSSR count). The molecule has 1 heterocycles. The summed E-state index contributed by atoms with van der Waals surface area (Å²) in [6.45, 7) is 2.19. The predicted octanol–water partition coefficient (Wildman–Crippen LogP) is 6.21. The van der Waals surface area contributed by atoms with Gasteiger partial charge in [0.05, 0.1) is 11.2 Å². The first-order valence-electron chi connectivity index (χ1n) is 9.59. The quantitative estimate of drug-likeness (QED) is 0.615. The highest BCUT2D eigenvalue weighted by atomic mass is 14.9. The lowest BCUT2D eigenvalue weighted by Gasteiger charge is -2.25. The largest absolute Gasteiger partial charge is 0.382 e. The summed E-state index contributed by atoms with van der Waals surface area (Å²) in [5.74, 6) is 0. The second-order valence-corrected chi connectivity index (χ2v) is 7.10. The summed E-state index contributed by atoms with van der Waals surface area (Å²) in [5.41, 5.74) is 5.91. The molecule has 0 radical (unpaired) electrons. The summed E-state index contributed by atoms with van der Waals surface area (Å²) in [6, 6.07) is 20.1. The van der Waals surface area contributed by atoms with Crippen molar-refractivity contribution in [2.75, 3.05) is 5.32 Å². The van der Waals surface area contributed by atoms with Gasteiger partial charge in [0.2, 0.25) is 0 Å². The second kappa shape index (κ2) is 7.26. The Kier molecular flexibility index (Phi) is 4.69. The van der Waals surface area contributed by atoms with Crippen LogP contribution in [0.3, 0.4) is 0 Å². The Labute approximate surface area is 150 Å². The molecule has 0 spiro atoms. The highest BCUT2D eigenvalue weighted by molar-refractivity contribution is 5.93. The smallest absolute Gasteiger partial charge is 0.0730 e. The standard InChI is InChI=1S/C23H26N2/c1-2-17-12-14-18(15-13-17)22-16-23(24-19-8-4-3-5-9-19)20-10-6-7-11-21(20)25-22/h6-7,10-16,19H,2-5,8-9H2,1H3,(H,24,25). The molecule has 1 N–H and O–H groups in total. The molecule has 0 atom stereocenters. The van der Waals surface area contributed by atoms with Crippen LogP contribution in [-0.2, 0) is 6.42 Å². The number of aromatic nitrogens is 1. The maximum absolute atomic E-state index is 4.91. The van der Waals surface area contributed by atoms with E-state index in [1.807, 2.05) is 0 Å². The molecule has 0 amide bonds. The van der Waals surface area contributed by atoms with E-state index in [2.05, 4.69) is 66.8 Å². The van der Waals surface area contributed by atoms with Crippen molar-refractivity contribution in [2.24, 2.45) is 0 Å². The van der Waals surface area contributed by atoms with Gasteiger partial charge in [-0.2, -0.15) is 0 Å². The number of benzene rings is 2. The molecule has 25 heavy (non-hydrogen) atoms. The average Bonchev–Trinajstić information content (AvgIpc) is 2.69. The lowest BCUT2D eigenvalue weighted by molar-refractivity contribution is 0.463. The first-order chi connectivity index (χ1) is 12.3. The number of aryl methyl sites for hydroxylation is 1. The van der Waals surface area contributed by atoms with Gasteiger partial charge in [0, 0.05) is 22.7 Å². The fourth-order valence-corrected chi connectivity index (χ4v) is 3.82. The first kappa shape index (κ1) is 16.1. The summed E-state index contributed by atoms with van der Waals surface area (Å²) < 4.78 is 0. The van der Waals surface area contributed by atoms with Gasteiger partial charge >= 0.3 is 0 Å². The molecular weight excluding hydrogens is 304 g/mol. The molecule has 1 saturated carbocycles. The monoisotopic (exact) mass is 330 g/mol. The van der Waals surface area contributed by atoms with Gasteiger partial charge in [-0.15, -0.1) is 0 Å². The van der Waals surface area contributed by atoms with Gasteiger partial charge in [0.1, 0.15) is 0 Å². The SMILES string of the molecule is CCc1ccc(-c2cc(NC3CCCCC3)c3ccccc3n2)cc1. The van der Waals surface area contributed by atoms with Crippen LogP contribution >= 0.6 is 0 Å². The molecule has 1 aliphatic carbocycles. The van der Waals surface area contributed by atoms with Crippen LogP contribution in [0.4, 0.5) is 5.69 Å². The number of anilines is 1. The third-order valence-corrected chi connectivity index (χ3v) is 5.34. The third kappa shape index (κ3) is 3.53. The summed E-state index contributed by atoms with van der Waals surface area (Å²) in [4.78, 5) is 4.91. The number of nitrogens with zero attached hydrogens (tertiary/aromatic N) is 1. The van der Waals surface area contributed by atoms with E-state index in [0.29, 0.717) is 6.04 Å². The van der Waals surface area contributed by atoms with Crippen molar-refractivity contribution in [2.45, 2.75) is 51.5 Å². The topological polar surface area (TPSA) is 24.9 Å². The van der Waals surface area contributed by atoms with Crippen molar-refractivity contribution in [3.05, 3.63) is 60.2 Å². The normalized spacial score (nSPS) is 15.4. The van der Waals surface area contributed by atoms with Gasteiger partial charge in [-0.25, -0.2) is 4.98 Å². The fraction of sp³-hybridized carbons (Fsp3) is 0.348. The third-order valence-electron chi connectivity index (χ3n) is 5.34. The van der Waals surface area contributed by atoms with E-state index in [4.69, 9.17) is 4.98 Å². The van der Waals surface area contributed by atoms with Gasteiger partial charge < -0.3 is 5.32 Å². The molecule has 0 saturated heterocycles. The number of hydrogen-bond acceptors (Lipinski definition) is 2. The van der Waals surface area contributed by atoms with E-state index in [0.717, 1.165) is 17.6 Å². The summed E-state index contributed by atoms with van der Waals surface area (Å²) in [6.07, 6.45) is 7.68. The Morgan fingerprint density at radius 2 is 1.72 bits per heavy atom. The highest BCUT2D eigenvalue weighted by Crippen LogP contribution is 2.31. The lowest BCUT2D eigenvalue weighted by atomic mass is 9.95. The number of hydrogen-bond donors (Lipinski definition) is 1. The molecular formula is C23H26N2. The number of pyridine rings is 1. The van der Waals surface area contributed by atoms with Crippen LogP contribution in [-0.4, -0.2) is 11.0 Å². The molecule has 1 aliphatic rings. The second-order valence-electron chi connectivity index (χ2n) is 7.10. The minimum absolute atomic E-state index is 0.592. The van der Waals surface area contributed by atoms with Gasteiger partial charge in [-0.3, -0.25) is 0 Å². The van der Waals surface area contributed by atoms with E-state index in [9.17, 15) is 0 Å². The van der Waals surface area contributed by atoms with Crippen LogP contribution in [0.5, 0.6) is 0 Å². The van der Waals surface area contributed by atoms with E-state index in [-0.39, 0.29) is 0 Å². The van der Waals surface area contributed by atoms with Crippen molar-refractivity contribution in [1.29, 1.82) is 0 Å². The summed E-state index contributed by atoms with van der Waals surface area (Å²) in [5, 5.41) is 5.04. The van der Waals surface area contributed by atoms with Gasteiger partial charge in [0.25, 0.3) is 0 Å². The maximum atomic E-state index is 4.91. The highest BCUT2D eigenvalue weighted by Gasteiger charge is 2.15. The molecule has 2 nitrogen and oxygen atoms in total. The molecule has 0 aliphatic heterocycles. The average molecular weight is 330 g/mol. The minimum atomic E-state index is 0.592. The van der Waals surface area contributed by atoms with E-state index >= 15 is 0 Å². The minimum Gasteiger partial charge on any atom is -0.382 e. The Morgan fingerprint density at radius 3 is 2.48 bits per heavy atom. The number of rotatable bonds is 4. The first-order valence-corrected chi connectivity index (χ1v) is 9.59. The summed E-state index contributed by atoms with van der Waals surface area (Å²) >= 11 is 0. The van der Waals surface area contributed by atoms with Crippen molar-refractivity contribution >= 4 is 16.6 Å². The number of para-hydroxylation sites is 1. The maximum Gasteiger partial charge on any atom is 0.0730 e. The Morgan fingerprint density at radius 1 is 0.960 bits per heavy atom. The Hall–Kier alpha value is -2.35. The molecule has 128 valence electrons. The Balaban J connectivity index is 1.74. The van der Waals surface area contributed by atoms with Crippen LogP contribution in [0.25, 0.3) is 22.2 Å². The van der Waals surface area contributed by atoms with Crippen LogP contribution in [0, 0.1) is 0 Å². The molecule has 2 heteroatoms. The fourth-order valence-electron chi connectivity index (χ4n) is 3.82. The molecule has 1 aromatic heterocycles. The molecule has 0 unspecified atom stereocenters. The van der Waals surface area contributed by atoms with E-state index in [1.165, 1.54) is 54.3 Å². The predicted molar refractivity (Wildman–Crippen MR) is 107 cm³/mol.